The Balaban J connectivity index is 2.07. The van der Waals surface area contributed by atoms with Gasteiger partial charge in [0.25, 0.3) is 0 Å². The minimum atomic E-state index is -4.57. The summed E-state index contributed by atoms with van der Waals surface area (Å²) >= 11 is 0. The van der Waals surface area contributed by atoms with Crippen molar-refractivity contribution in [3.63, 3.8) is 0 Å². The maximum Gasteiger partial charge on any atom is 0.416 e. The minimum absolute atomic E-state index is 0.00190. The molecule has 0 aliphatic carbocycles. The number of amides is 2. The topological polar surface area (TPSA) is 49.4 Å². The van der Waals surface area contributed by atoms with Crippen LogP contribution in [0.1, 0.15) is 18.9 Å². The van der Waals surface area contributed by atoms with Gasteiger partial charge in [0.05, 0.1) is 5.56 Å². The van der Waals surface area contributed by atoms with E-state index in [-0.39, 0.29) is 24.3 Å². The lowest BCUT2D eigenvalue weighted by Crippen LogP contribution is -2.32. The van der Waals surface area contributed by atoms with Crippen molar-refractivity contribution in [2.24, 2.45) is 0 Å². The van der Waals surface area contributed by atoms with Gasteiger partial charge >= 0.3 is 6.18 Å². The fourth-order valence-corrected chi connectivity index (χ4v) is 2.33. The van der Waals surface area contributed by atoms with Crippen molar-refractivity contribution in [2.75, 3.05) is 16.8 Å². The Hall–Kier alpha value is -2.97. The number of benzene rings is 2. The maximum absolute atomic E-state index is 13.1. The second kappa shape index (κ2) is 8.15. The Morgan fingerprint density at radius 1 is 1.04 bits per heavy atom. The molecule has 0 fully saturated rings. The van der Waals surface area contributed by atoms with Gasteiger partial charge in [-0.25, -0.2) is 8.78 Å². The van der Waals surface area contributed by atoms with Gasteiger partial charge in [-0.05, 0) is 30.3 Å². The Kier molecular flexibility index (Phi) is 6.14. The first-order valence-electron chi connectivity index (χ1n) is 7.78. The zero-order valence-corrected chi connectivity index (χ0v) is 14.1. The van der Waals surface area contributed by atoms with Crippen LogP contribution in [0.25, 0.3) is 0 Å². The fourth-order valence-electron chi connectivity index (χ4n) is 2.33. The number of carbonyl (C=O) groups excluding carboxylic acids is 2. The summed E-state index contributed by atoms with van der Waals surface area (Å²) in [6.07, 6.45) is -4.82. The third-order valence-corrected chi connectivity index (χ3v) is 3.63. The number of anilines is 2. The van der Waals surface area contributed by atoms with Crippen LogP contribution < -0.4 is 10.2 Å². The predicted molar refractivity (Wildman–Crippen MR) is 89.1 cm³/mol. The molecule has 0 saturated heterocycles. The third-order valence-electron chi connectivity index (χ3n) is 3.63. The van der Waals surface area contributed by atoms with Crippen LogP contribution in [0.15, 0.2) is 42.5 Å². The van der Waals surface area contributed by atoms with Crippen molar-refractivity contribution in [3.05, 3.63) is 59.7 Å². The molecule has 144 valence electrons. The second-order valence-corrected chi connectivity index (χ2v) is 5.65. The summed E-state index contributed by atoms with van der Waals surface area (Å²) in [5.74, 6) is -3.36. The molecule has 0 aliphatic heterocycles. The summed E-state index contributed by atoms with van der Waals surface area (Å²) in [5.41, 5.74) is -0.900. The van der Waals surface area contributed by atoms with Crippen molar-refractivity contribution < 1.29 is 31.5 Å². The van der Waals surface area contributed by atoms with Crippen LogP contribution in [0.5, 0.6) is 0 Å². The normalized spacial score (nSPS) is 11.2. The molecule has 0 heterocycles. The number of nitrogens with one attached hydrogen (secondary N) is 1. The van der Waals surface area contributed by atoms with E-state index >= 15 is 0 Å². The zero-order valence-electron chi connectivity index (χ0n) is 14.1. The van der Waals surface area contributed by atoms with Crippen LogP contribution >= 0.6 is 0 Å². The summed E-state index contributed by atoms with van der Waals surface area (Å²) in [6, 6.07) is 6.97. The molecule has 4 nitrogen and oxygen atoms in total. The number of alkyl halides is 3. The monoisotopic (exact) mass is 386 g/mol. The van der Waals surface area contributed by atoms with Crippen molar-refractivity contribution in [1.82, 2.24) is 0 Å². The van der Waals surface area contributed by atoms with Crippen molar-refractivity contribution in [1.29, 1.82) is 0 Å². The number of hydrogen-bond donors (Lipinski definition) is 1. The van der Waals surface area contributed by atoms with Crippen molar-refractivity contribution in [2.45, 2.75) is 19.5 Å². The first-order valence-corrected chi connectivity index (χ1v) is 7.78. The summed E-state index contributed by atoms with van der Waals surface area (Å²) in [6.45, 7) is 0.972. The van der Waals surface area contributed by atoms with Gasteiger partial charge in [0.2, 0.25) is 11.8 Å². The van der Waals surface area contributed by atoms with Gasteiger partial charge in [0.15, 0.2) is 11.6 Å². The standard InChI is InChI=1S/C18H15F5N2O2/c1-11(26)25(14-4-2-3-12(9-14)18(21,22)23)8-7-17(27)24-13-5-6-15(19)16(20)10-13/h2-6,9-10H,7-8H2,1H3,(H,24,27). The zero-order chi connectivity index (χ0) is 20.2. The molecule has 0 atom stereocenters. The molecule has 2 aromatic rings. The highest BCUT2D eigenvalue weighted by atomic mass is 19.4. The van der Waals surface area contributed by atoms with Crippen LogP contribution in [-0.2, 0) is 15.8 Å². The molecule has 0 saturated carbocycles. The molecule has 27 heavy (non-hydrogen) atoms. The van der Waals surface area contributed by atoms with Crippen molar-refractivity contribution >= 4 is 23.2 Å². The summed E-state index contributed by atoms with van der Waals surface area (Å²) in [7, 11) is 0. The third kappa shape index (κ3) is 5.50. The molecule has 2 amide bonds. The number of halogens is 5. The van der Waals surface area contributed by atoms with Gasteiger partial charge in [-0.1, -0.05) is 6.07 Å². The summed E-state index contributed by atoms with van der Waals surface area (Å²) < 4.78 is 64.5. The summed E-state index contributed by atoms with van der Waals surface area (Å²) in [4.78, 5) is 24.8. The molecule has 9 heteroatoms. The maximum atomic E-state index is 13.1. The average Bonchev–Trinajstić information content (AvgIpc) is 2.57. The van der Waals surface area contributed by atoms with E-state index in [4.69, 9.17) is 0 Å². The summed E-state index contributed by atoms with van der Waals surface area (Å²) in [5, 5.41) is 2.33. The average molecular weight is 386 g/mol. The highest BCUT2D eigenvalue weighted by Gasteiger charge is 2.31. The van der Waals surface area contributed by atoms with Gasteiger partial charge in [-0.2, -0.15) is 13.2 Å². The van der Waals surface area contributed by atoms with E-state index in [9.17, 15) is 31.5 Å². The highest BCUT2D eigenvalue weighted by molar-refractivity contribution is 5.94. The van der Waals surface area contributed by atoms with E-state index < -0.39 is 35.2 Å². The molecular weight excluding hydrogens is 371 g/mol. The molecule has 1 N–H and O–H groups in total. The first-order chi connectivity index (χ1) is 12.6. The number of rotatable bonds is 5. The van der Waals surface area contributed by atoms with E-state index in [1.165, 1.54) is 6.07 Å². The van der Waals surface area contributed by atoms with E-state index in [0.29, 0.717) is 0 Å². The van der Waals surface area contributed by atoms with E-state index in [1.807, 2.05) is 0 Å². The lowest BCUT2D eigenvalue weighted by molar-refractivity contribution is -0.137. The Bertz CT molecular complexity index is 852. The Morgan fingerprint density at radius 2 is 1.74 bits per heavy atom. The van der Waals surface area contributed by atoms with Gasteiger partial charge in [0, 0.05) is 37.3 Å². The largest absolute Gasteiger partial charge is 0.416 e. The van der Waals surface area contributed by atoms with Gasteiger partial charge in [-0.3, -0.25) is 9.59 Å². The second-order valence-electron chi connectivity index (χ2n) is 5.65. The molecule has 0 bridgehead atoms. The number of carbonyl (C=O) groups is 2. The van der Waals surface area contributed by atoms with Crippen LogP contribution in [0, 0.1) is 11.6 Å². The molecular formula is C18H15F5N2O2. The van der Waals surface area contributed by atoms with Crippen LogP contribution in [0.3, 0.4) is 0 Å². The quantitative estimate of drug-likeness (QED) is 0.776. The minimum Gasteiger partial charge on any atom is -0.326 e. The van der Waals surface area contributed by atoms with E-state index in [0.717, 1.165) is 48.2 Å². The van der Waals surface area contributed by atoms with Gasteiger partial charge in [0.1, 0.15) is 0 Å². The molecule has 0 radical (unpaired) electrons. The highest BCUT2D eigenvalue weighted by Crippen LogP contribution is 2.31. The lowest BCUT2D eigenvalue weighted by Gasteiger charge is -2.22. The lowest BCUT2D eigenvalue weighted by atomic mass is 10.1. The van der Waals surface area contributed by atoms with Crippen LogP contribution in [0.4, 0.5) is 33.3 Å². The molecule has 0 unspecified atom stereocenters. The predicted octanol–water partition coefficient (Wildman–Crippen LogP) is 4.37. The number of nitrogens with zero attached hydrogens (tertiary/aromatic N) is 1. The Labute approximate surface area is 151 Å². The van der Waals surface area contributed by atoms with Gasteiger partial charge < -0.3 is 10.2 Å². The van der Waals surface area contributed by atoms with Gasteiger partial charge in [-0.15, -0.1) is 0 Å². The Morgan fingerprint density at radius 3 is 2.33 bits per heavy atom. The van der Waals surface area contributed by atoms with Crippen LogP contribution in [0.2, 0.25) is 0 Å². The van der Waals surface area contributed by atoms with Crippen molar-refractivity contribution in [3.8, 4) is 0 Å². The smallest absolute Gasteiger partial charge is 0.326 e. The fraction of sp³-hybridized carbons (Fsp3) is 0.222. The number of hydrogen-bond acceptors (Lipinski definition) is 2. The van der Waals surface area contributed by atoms with E-state index in [2.05, 4.69) is 5.32 Å². The van der Waals surface area contributed by atoms with E-state index in [1.54, 1.807) is 0 Å². The molecule has 2 rings (SSSR count). The molecule has 2 aromatic carbocycles. The molecule has 0 aliphatic rings. The molecule has 0 aromatic heterocycles. The molecule has 0 spiro atoms. The first kappa shape index (κ1) is 20.3. The van der Waals surface area contributed by atoms with Crippen LogP contribution in [-0.4, -0.2) is 18.4 Å². The SMILES string of the molecule is CC(=O)N(CCC(=O)Nc1ccc(F)c(F)c1)c1cccc(C(F)(F)F)c1.